The predicted octanol–water partition coefficient (Wildman–Crippen LogP) is 1.54. The van der Waals surface area contributed by atoms with Crippen LogP contribution in [0.5, 0.6) is 0 Å². The summed E-state index contributed by atoms with van der Waals surface area (Å²) < 4.78 is 26.7. The van der Waals surface area contributed by atoms with Gasteiger partial charge in [-0.3, -0.25) is 4.98 Å². The molecular formula is C15H25N3O2S. The molecule has 2 rings (SSSR count). The Bertz CT molecular complexity index is 554. The first-order chi connectivity index (χ1) is 10.0. The van der Waals surface area contributed by atoms with Crippen molar-refractivity contribution >= 4 is 10.0 Å². The number of sulfonamides is 1. The normalized spacial score (nSPS) is 19.9. The lowest BCUT2D eigenvalue weighted by Gasteiger charge is -2.26. The van der Waals surface area contributed by atoms with Crippen molar-refractivity contribution in [3.63, 3.8) is 0 Å². The van der Waals surface area contributed by atoms with Gasteiger partial charge in [0.1, 0.15) is 0 Å². The molecule has 1 aromatic rings. The Morgan fingerprint density at radius 1 is 1.43 bits per heavy atom. The molecule has 0 aliphatic carbocycles. The number of rotatable bonds is 6. The fraction of sp³-hybridized carbons (Fsp3) is 0.667. The second kappa shape index (κ2) is 7.33. The predicted molar refractivity (Wildman–Crippen MR) is 84.4 cm³/mol. The van der Waals surface area contributed by atoms with E-state index in [1.165, 1.54) is 0 Å². The molecule has 1 unspecified atom stereocenters. The Balaban J connectivity index is 2.04. The number of aryl methyl sites for hydroxylation is 1. The molecule has 0 bridgehead atoms. The minimum atomic E-state index is -3.23. The van der Waals surface area contributed by atoms with Crippen molar-refractivity contribution in [2.75, 3.05) is 25.4 Å². The van der Waals surface area contributed by atoms with Crippen molar-refractivity contribution < 1.29 is 8.42 Å². The molecule has 6 heteroatoms. The summed E-state index contributed by atoms with van der Waals surface area (Å²) in [7, 11) is -3.23. The molecule has 0 radical (unpaired) electrons. The Hall–Kier alpha value is -0.980. The maximum absolute atomic E-state index is 12.6. The maximum Gasteiger partial charge on any atom is 0.214 e. The van der Waals surface area contributed by atoms with Crippen LogP contribution in [-0.4, -0.2) is 43.1 Å². The van der Waals surface area contributed by atoms with E-state index >= 15 is 0 Å². The van der Waals surface area contributed by atoms with Crippen LogP contribution in [-0.2, 0) is 16.6 Å². The van der Waals surface area contributed by atoms with Gasteiger partial charge in [-0.15, -0.1) is 0 Å². The lowest BCUT2D eigenvalue weighted by molar-refractivity contribution is 0.379. The van der Waals surface area contributed by atoms with E-state index in [2.05, 4.69) is 10.3 Å². The third kappa shape index (κ3) is 4.76. The standard InChI is InChI=1S/C15H25N3O2S/c1-3-18(11-15-8-4-6-13(2)17-15)21(19,20)12-14-7-5-9-16-10-14/h4,6,8,14,16H,3,5,7,9-12H2,1-2H3. The van der Waals surface area contributed by atoms with Gasteiger partial charge in [0, 0.05) is 12.2 Å². The van der Waals surface area contributed by atoms with Crippen LogP contribution in [0.25, 0.3) is 0 Å². The molecule has 1 atom stereocenters. The Morgan fingerprint density at radius 2 is 2.24 bits per heavy atom. The summed E-state index contributed by atoms with van der Waals surface area (Å²) in [6.07, 6.45) is 2.05. The van der Waals surface area contributed by atoms with Crippen molar-refractivity contribution in [1.82, 2.24) is 14.6 Å². The Kier molecular flexibility index (Phi) is 5.72. The van der Waals surface area contributed by atoms with Gasteiger partial charge >= 0.3 is 0 Å². The zero-order valence-electron chi connectivity index (χ0n) is 12.9. The van der Waals surface area contributed by atoms with Gasteiger partial charge in [0.05, 0.1) is 18.0 Å². The first-order valence-corrected chi connectivity index (χ1v) is 9.23. The largest absolute Gasteiger partial charge is 0.316 e. The number of pyridine rings is 1. The fourth-order valence-electron chi connectivity index (χ4n) is 2.74. The van der Waals surface area contributed by atoms with E-state index < -0.39 is 10.0 Å². The average molecular weight is 311 g/mol. The molecule has 1 aromatic heterocycles. The maximum atomic E-state index is 12.6. The molecule has 0 saturated carbocycles. The van der Waals surface area contributed by atoms with E-state index in [9.17, 15) is 8.42 Å². The molecular weight excluding hydrogens is 286 g/mol. The summed E-state index contributed by atoms with van der Waals surface area (Å²) in [4.78, 5) is 4.40. The number of nitrogens with one attached hydrogen (secondary N) is 1. The van der Waals surface area contributed by atoms with Gasteiger partial charge in [-0.1, -0.05) is 13.0 Å². The highest BCUT2D eigenvalue weighted by atomic mass is 32.2. The Labute approximate surface area is 127 Å². The van der Waals surface area contributed by atoms with E-state index in [0.29, 0.717) is 13.1 Å². The lowest BCUT2D eigenvalue weighted by Crippen LogP contribution is -2.39. The van der Waals surface area contributed by atoms with Crippen LogP contribution in [0.4, 0.5) is 0 Å². The summed E-state index contributed by atoms with van der Waals surface area (Å²) in [5.41, 5.74) is 1.72. The quantitative estimate of drug-likeness (QED) is 0.866. The molecule has 1 aliphatic heterocycles. The molecule has 1 aliphatic rings. The van der Waals surface area contributed by atoms with Crippen LogP contribution in [0.3, 0.4) is 0 Å². The third-order valence-electron chi connectivity index (χ3n) is 3.88. The second-order valence-electron chi connectivity index (χ2n) is 5.69. The number of hydrogen-bond acceptors (Lipinski definition) is 4. The van der Waals surface area contributed by atoms with Crippen molar-refractivity contribution in [1.29, 1.82) is 0 Å². The number of hydrogen-bond donors (Lipinski definition) is 1. The molecule has 21 heavy (non-hydrogen) atoms. The Morgan fingerprint density at radius 3 is 2.86 bits per heavy atom. The van der Waals surface area contributed by atoms with Gasteiger partial charge in [0.2, 0.25) is 10.0 Å². The molecule has 2 heterocycles. The average Bonchev–Trinajstić information content (AvgIpc) is 2.45. The van der Waals surface area contributed by atoms with Crippen molar-refractivity contribution in [2.24, 2.45) is 5.92 Å². The van der Waals surface area contributed by atoms with E-state index in [1.54, 1.807) is 4.31 Å². The first-order valence-electron chi connectivity index (χ1n) is 7.62. The SMILES string of the molecule is CCN(Cc1cccc(C)n1)S(=O)(=O)CC1CCCNC1. The third-order valence-corrected chi connectivity index (χ3v) is 5.94. The molecule has 0 spiro atoms. The van der Waals surface area contributed by atoms with E-state index in [0.717, 1.165) is 37.3 Å². The number of nitrogens with zero attached hydrogens (tertiary/aromatic N) is 2. The van der Waals surface area contributed by atoms with E-state index in [-0.39, 0.29) is 11.7 Å². The lowest BCUT2D eigenvalue weighted by atomic mass is 10.0. The van der Waals surface area contributed by atoms with Crippen molar-refractivity contribution in [3.05, 3.63) is 29.6 Å². The van der Waals surface area contributed by atoms with Gasteiger partial charge in [-0.05, 0) is 50.9 Å². The smallest absolute Gasteiger partial charge is 0.214 e. The van der Waals surface area contributed by atoms with Gasteiger partial charge < -0.3 is 5.32 Å². The van der Waals surface area contributed by atoms with Gasteiger partial charge in [0.25, 0.3) is 0 Å². The molecule has 1 N–H and O–H groups in total. The summed E-state index contributed by atoms with van der Waals surface area (Å²) in [6, 6.07) is 5.72. The fourth-order valence-corrected chi connectivity index (χ4v) is 4.56. The van der Waals surface area contributed by atoms with Crippen LogP contribution in [0.1, 0.15) is 31.2 Å². The molecule has 5 nitrogen and oxygen atoms in total. The van der Waals surface area contributed by atoms with E-state index in [1.807, 2.05) is 32.0 Å². The van der Waals surface area contributed by atoms with Gasteiger partial charge in [0.15, 0.2) is 0 Å². The summed E-state index contributed by atoms with van der Waals surface area (Å²) in [5.74, 6) is 0.461. The first kappa shape index (κ1) is 16.4. The zero-order chi connectivity index (χ0) is 15.3. The van der Waals surface area contributed by atoms with Crippen molar-refractivity contribution in [3.8, 4) is 0 Å². The van der Waals surface area contributed by atoms with Crippen LogP contribution >= 0.6 is 0 Å². The molecule has 0 aromatic carbocycles. The highest BCUT2D eigenvalue weighted by Crippen LogP contribution is 2.16. The molecule has 118 valence electrons. The summed E-state index contributed by atoms with van der Waals surface area (Å²) in [6.45, 7) is 6.45. The van der Waals surface area contributed by atoms with Crippen molar-refractivity contribution in [2.45, 2.75) is 33.2 Å². The summed E-state index contributed by atoms with van der Waals surface area (Å²) in [5, 5.41) is 3.28. The van der Waals surface area contributed by atoms with Gasteiger partial charge in [-0.2, -0.15) is 4.31 Å². The van der Waals surface area contributed by atoms with Crippen LogP contribution in [0.15, 0.2) is 18.2 Å². The van der Waals surface area contributed by atoms with Gasteiger partial charge in [-0.25, -0.2) is 8.42 Å². The van der Waals surface area contributed by atoms with E-state index in [4.69, 9.17) is 0 Å². The highest BCUT2D eigenvalue weighted by Gasteiger charge is 2.26. The van der Waals surface area contributed by atoms with Crippen LogP contribution < -0.4 is 5.32 Å². The number of piperidine rings is 1. The number of aromatic nitrogens is 1. The van der Waals surface area contributed by atoms with Crippen LogP contribution in [0.2, 0.25) is 0 Å². The molecule has 1 fully saturated rings. The second-order valence-corrected chi connectivity index (χ2v) is 7.70. The minimum absolute atomic E-state index is 0.225. The summed E-state index contributed by atoms with van der Waals surface area (Å²) >= 11 is 0. The van der Waals surface area contributed by atoms with Crippen LogP contribution in [0, 0.1) is 12.8 Å². The molecule has 0 amide bonds. The highest BCUT2D eigenvalue weighted by molar-refractivity contribution is 7.89. The molecule has 1 saturated heterocycles. The topological polar surface area (TPSA) is 62.3 Å². The minimum Gasteiger partial charge on any atom is -0.316 e. The monoisotopic (exact) mass is 311 g/mol. The zero-order valence-corrected chi connectivity index (χ0v) is 13.7.